The molecule has 0 N–H and O–H groups in total. The third-order valence-corrected chi connectivity index (χ3v) is 4.44. The molecule has 0 atom stereocenters. The molecule has 20 heavy (non-hydrogen) atoms. The summed E-state index contributed by atoms with van der Waals surface area (Å²) in [7, 11) is 0. The van der Waals surface area contributed by atoms with Gasteiger partial charge in [0.2, 0.25) is 0 Å². The Hall–Kier alpha value is -1.03. The Morgan fingerprint density at radius 1 is 1.15 bits per heavy atom. The lowest BCUT2D eigenvalue weighted by Crippen LogP contribution is -2.04. The summed E-state index contributed by atoms with van der Waals surface area (Å²) >= 11 is 15.6. The zero-order valence-corrected chi connectivity index (χ0v) is 13.6. The van der Waals surface area contributed by atoms with Crippen molar-refractivity contribution >= 4 is 50.2 Å². The molecule has 1 heterocycles. The van der Waals surface area contributed by atoms with Crippen molar-refractivity contribution in [1.82, 2.24) is 9.55 Å². The van der Waals surface area contributed by atoms with E-state index in [1.165, 1.54) is 5.56 Å². The third-order valence-electron chi connectivity index (χ3n) is 3.20. The number of benzene rings is 2. The summed E-state index contributed by atoms with van der Waals surface area (Å²) in [5.74, 6) is 1.22. The van der Waals surface area contributed by atoms with Crippen LogP contribution in [0, 0.1) is 0 Å². The number of nitrogens with zero attached hydrogens (tertiary/aromatic N) is 2. The number of aromatic nitrogens is 2. The van der Waals surface area contributed by atoms with Crippen molar-refractivity contribution in [3.8, 4) is 0 Å². The van der Waals surface area contributed by atoms with Crippen LogP contribution in [-0.2, 0) is 12.4 Å². The average molecular weight is 370 g/mol. The minimum atomic E-state index is 0.372. The molecule has 0 amide bonds. The molecule has 3 rings (SSSR count). The normalized spacial score (nSPS) is 11.2. The van der Waals surface area contributed by atoms with Gasteiger partial charge in [0.25, 0.3) is 0 Å². The standard InChI is InChI=1S/C15H11BrCl2N2/c16-12-4-2-1-3-10(12)9-20-14-6-5-11(18)7-13(14)19-15(20)8-17/h1-7H,8-9H2. The van der Waals surface area contributed by atoms with Crippen LogP contribution in [0.4, 0.5) is 0 Å². The highest BCUT2D eigenvalue weighted by Crippen LogP contribution is 2.24. The summed E-state index contributed by atoms with van der Waals surface area (Å²) in [6, 6.07) is 13.9. The van der Waals surface area contributed by atoms with Gasteiger partial charge in [0.1, 0.15) is 5.82 Å². The van der Waals surface area contributed by atoms with Gasteiger partial charge in [-0.15, -0.1) is 11.6 Å². The van der Waals surface area contributed by atoms with Gasteiger partial charge >= 0.3 is 0 Å². The molecule has 2 nitrogen and oxygen atoms in total. The molecule has 0 unspecified atom stereocenters. The van der Waals surface area contributed by atoms with E-state index in [4.69, 9.17) is 23.2 Å². The predicted octanol–water partition coefficient (Wildman–Crippen LogP) is 5.24. The van der Waals surface area contributed by atoms with Crippen molar-refractivity contribution < 1.29 is 0 Å². The molecule has 2 aromatic carbocycles. The van der Waals surface area contributed by atoms with E-state index in [1.807, 2.05) is 36.4 Å². The molecule has 0 saturated heterocycles. The average Bonchev–Trinajstić information content (AvgIpc) is 2.78. The van der Waals surface area contributed by atoms with E-state index in [0.29, 0.717) is 10.9 Å². The van der Waals surface area contributed by atoms with E-state index in [9.17, 15) is 0 Å². The van der Waals surface area contributed by atoms with Gasteiger partial charge in [-0.05, 0) is 29.8 Å². The second-order valence-electron chi connectivity index (χ2n) is 4.47. The van der Waals surface area contributed by atoms with Gasteiger partial charge < -0.3 is 4.57 Å². The minimum Gasteiger partial charge on any atom is -0.322 e. The highest BCUT2D eigenvalue weighted by molar-refractivity contribution is 9.10. The zero-order valence-electron chi connectivity index (χ0n) is 10.5. The van der Waals surface area contributed by atoms with E-state index in [0.717, 1.165) is 27.9 Å². The second kappa shape index (κ2) is 5.76. The highest BCUT2D eigenvalue weighted by atomic mass is 79.9. The molecule has 0 fully saturated rings. The molecular formula is C15H11BrCl2N2. The maximum absolute atomic E-state index is 6.02. The number of fused-ring (bicyclic) bond motifs is 1. The summed E-state index contributed by atoms with van der Waals surface area (Å²) in [4.78, 5) is 4.55. The molecule has 0 radical (unpaired) electrons. The van der Waals surface area contributed by atoms with Crippen molar-refractivity contribution in [2.75, 3.05) is 0 Å². The summed E-state index contributed by atoms with van der Waals surface area (Å²) < 4.78 is 3.20. The fourth-order valence-electron chi connectivity index (χ4n) is 2.23. The fourth-order valence-corrected chi connectivity index (χ4v) is 3.01. The lowest BCUT2D eigenvalue weighted by atomic mass is 10.2. The monoisotopic (exact) mass is 368 g/mol. The second-order valence-corrected chi connectivity index (χ2v) is 6.03. The molecular weight excluding hydrogens is 359 g/mol. The maximum atomic E-state index is 6.02. The first kappa shape index (κ1) is 13.9. The Labute approximate surface area is 135 Å². The summed E-state index contributed by atoms with van der Waals surface area (Å²) in [5, 5.41) is 0.684. The lowest BCUT2D eigenvalue weighted by Gasteiger charge is -2.09. The van der Waals surface area contributed by atoms with E-state index < -0.39 is 0 Å². The van der Waals surface area contributed by atoms with Crippen LogP contribution in [-0.4, -0.2) is 9.55 Å². The van der Waals surface area contributed by atoms with E-state index in [2.05, 4.69) is 31.5 Å². The molecule has 0 bridgehead atoms. The Morgan fingerprint density at radius 3 is 2.70 bits per heavy atom. The van der Waals surface area contributed by atoms with Crippen LogP contribution in [0.5, 0.6) is 0 Å². The fraction of sp³-hybridized carbons (Fsp3) is 0.133. The van der Waals surface area contributed by atoms with Gasteiger partial charge in [0, 0.05) is 9.50 Å². The molecule has 0 aliphatic heterocycles. The number of rotatable bonds is 3. The van der Waals surface area contributed by atoms with E-state index in [1.54, 1.807) is 0 Å². The number of hydrogen-bond acceptors (Lipinski definition) is 1. The molecule has 0 aliphatic rings. The molecule has 3 aromatic rings. The first-order valence-corrected chi connectivity index (χ1v) is 7.83. The molecule has 0 saturated carbocycles. The Morgan fingerprint density at radius 2 is 1.95 bits per heavy atom. The molecule has 5 heteroatoms. The molecule has 102 valence electrons. The Bertz CT molecular complexity index is 768. The smallest absolute Gasteiger partial charge is 0.125 e. The van der Waals surface area contributed by atoms with Gasteiger partial charge in [-0.3, -0.25) is 0 Å². The van der Waals surface area contributed by atoms with Crippen molar-refractivity contribution in [1.29, 1.82) is 0 Å². The van der Waals surface area contributed by atoms with Crippen LogP contribution in [0.15, 0.2) is 46.9 Å². The van der Waals surface area contributed by atoms with Gasteiger partial charge in [0.05, 0.1) is 23.5 Å². The molecule has 1 aromatic heterocycles. The van der Waals surface area contributed by atoms with Crippen molar-refractivity contribution in [2.45, 2.75) is 12.4 Å². The van der Waals surface area contributed by atoms with Crippen LogP contribution >= 0.6 is 39.1 Å². The Kier molecular flexibility index (Phi) is 4.01. The third kappa shape index (κ3) is 2.58. The summed E-state index contributed by atoms with van der Waals surface area (Å²) in [6.45, 7) is 0.724. The zero-order chi connectivity index (χ0) is 14.1. The van der Waals surface area contributed by atoms with Crippen LogP contribution < -0.4 is 0 Å². The topological polar surface area (TPSA) is 17.8 Å². The largest absolute Gasteiger partial charge is 0.322 e. The quantitative estimate of drug-likeness (QED) is 0.577. The number of halogens is 3. The molecule has 0 aliphatic carbocycles. The van der Waals surface area contributed by atoms with Gasteiger partial charge in [-0.2, -0.15) is 0 Å². The van der Waals surface area contributed by atoms with E-state index in [-0.39, 0.29) is 0 Å². The maximum Gasteiger partial charge on any atom is 0.125 e. The van der Waals surface area contributed by atoms with Crippen LogP contribution in [0.3, 0.4) is 0 Å². The summed E-state index contributed by atoms with van der Waals surface area (Å²) in [5.41, 5.74) is 3.11. The highest BCUT2D eigenvalue weighted by Gasteiger charge is 2.11. The number of imidazole rings is 1. The molecule has 0 spiro atoms. The predicted molar refractivity (Wildman–Crippen MR) is 87.5 cm³/mol. The van der Waals surface area contributed by atoms with Crippen LogP contribution in [0.25, 0.3) is 11.0 Å². The van der Waals surface area contributed by atoms with E-state index >= 15 is 0 Å². The Balaban J connectivity index is 2.12. The number of alkyl halides is 1. The van der Waals surface area contributed by atoms with Crippen molar-refractivity contribution in [2.24, 2.45) is 0 Å². The van der Waals surface area contributed by atoms with Crippen molar-refractivity contribution in [3.05, 3.63) is 63.3 Å². The van der Waals surface area contributed by atoms with Gasteiger partial charge in [0.15, 0.2) is 0 Å². The summed E-state index contributed by atoms with van der Waals surface area (Å²) in [6.07, 6.45) is 0. The number of hydrogen-bond donors (Lipinski definition) is 0. The van der Waals surface area contributed by atoms with Crippen LogP contribution in [0.1, 0.15) is 11.4 Å². The first-order chi connectivity index (χ1) is 9.69. The van der Waals surface area contributed by atoms with Gasteiger partial charge in [-0.25, -0.2) is 4.98 Å². The van der Waals surface area contributed by atoms with Crippen molar-refractivity contribution in [3.63, 3.8) is 0 Å². The first-order valence-electron chi connectivity index (χ1n) is 6.13. The minimum absolute atomic E-state index is 0.372. The lowest BCUT2D eigenvalue weighted by molar-refractivity contribution is 0.776. The van der Waals surface area contributed by atoms with Gasteiger partial charge in [-0.1, -0.05) is 45.7 Å². The van der Waals surface area contributed by atoms with Crippen LogP contribution in [0.2, 0.25) is 5.02 Å². The SMILES string of the molecule is ClCc1nc2cc(Cl)ccc2n1Cc1ccccc1Br.